The number of aryl methyl sites for hydroxylation is 1. The van der Waals surface area contributed by atoms with Crippen LogP contribution in [-0.4, -0.2) is 16.9 Å². The van der Waals surface area contributed by atoms with Gasteiger partial charge >= 0.3 is 6.03 Å². The van der Waals surface area contributed by atoms with Gasteiger partial charge in [-0.05, 0) is 42.8 Å². The van der Waals surface area contributed by atoms with E-state index in [1.165, 1.54) is 18.3 Å². The van der Waals surface area contributed by atoms with Crippen LogP contribution in [0.4, 0.5) is 21.3 Å². The molecule has 1 aromatic heterocycles. The number of rotatable bonds is 3. The number of benzene rings is 2. The van der Waals surface area contributed by atoms with Crippen molar-refractivity contribution in [3.63, 3.8) is 0 Å². The Hall–Kier alpha value is -2.64. The molecule has 0 radical (unpaired) electrons. The molecule has 0 saturated heterocycles. The van der Waals surface area contributed by atoms with E-state index in [9.17, 15) is 9.59 Å². The zero-order valence-electron chi connectivity index (χ0n) is 13.5. The zero-order chi connectivity index (χ0) is 18.0. The van der Waals surface area contributed by atoms with Gasteiger partial charge in [-0.2, -0.15) is 0 Å². The average Bonchev–Trinajstić information content (AvgIpc) is 2.91. The monoisotopic (exact) mass is 374 g/mol. The van der Waals surface area contributed by atoms with Crippen molar-refractivity contribution < 1.29 is 9.59 Å². The van der Waals surface area contributed by atoms with Crippen LogP contribution in [0.25, 0.3) is 10.2 Å². The van der Waals surface area contributed by atoms with Gasteiger partial charge in [-0.3, -0.25) is 4.79 Å². The second kappa shape index (κ2) is 7.08. The maximum absolute atomic E-state index is 12.2. The van der Waals surface area contributed by atoms with E-state index in [1.807, 2.05) is 19.1 Å². The standard InChI is InChI=1S/C17H15ClN4O2S/c1-9-3-4-11(18)7-14(9)21-16(24)20-12-5-6-13-15(8-12)25-17(22-13)19-10(2)23/h3-8H,1-2H3,(H,19,22,23)(H2,20,21,24). The summed E-state index contributed by atoms with van der Waals surface area (Å²) in [6, 6.07) is 10.3. The zero-order valence-corrected chi connectivity index (χ0v) is 15.1. The van der Waals surface area contributed by atoms with Gasteiger partial charge in [-0.25, -0.2) is 9.78 Å². The topological polar surface area (TPSA) is 83.1 Å². The molecule has 3 rings (SSSR count). The largest absolute Gasteiger partial charge is 0.323 e. The average molecular weight is 375 g/mol. The normalized spacial score (nSPS) is 10.5. The number of amides is 3. The van der Waals surface area contributed by atoms with Crippen molar-refractivity contribution in [1.82, 2.24) is 4.98 Å². The van der Waals surface area contributed by atoms with Gasteiger partial charge in [0.2, 0.25) is 5.91 Å². The number of hydrogen-bond acceptors (Lipinski definition) is 4. The number of urea groups is 1. The molecule has 3 N–H and O–H groups in total. The smallest absolute Gasteiger partial charge is 0.308 e. The van der Waals surface area contributed by atoms with Crippen molar-refractivity contribution in [3.05, 3.63) is 47.0 Å². The molecule has 0 aliphatic rings. The molecule has 128 valence electrons. The van der Waals surface area contributed by atoms with Gasteiger partial charge in [-0.1, -0.05) is 29.0 Å². The number of carbonyl (C=O) groups excluding carboxylic acids is 2. The maximum atomic E-state index is 12.2. The predicted molar refractivity (Wildman–Crippen MR) is 103 cm³/mol. The predicted octanol–water partition coefficient (Wildman–Crippen LogP) is 4.86. The summed E-state index contributed by atoms with van der Waals surface area (Å²) in [5.74, 6) is -0.173. The Morgan fingerprint density at radius 2 is 1.88 bits per heavy atom. The number of aromatic nitrogens is 1. The first kappa shape index (κ1) is 17.2. The summed E-state index contributed by atoms with van der Waals surface area (Å²) < 4.78 is 0.862. The molecule has 0 aliphatic carbocycles. The molecule has 3 aromatic rings. The highest BCUT2D eigenvalue weighted by Gasteiger charge is 2.09. The third-order valence-electron chi connectivity index (χ3n) is 3.38. The highest BCUT2D eigenvalue weighted by molar-refractivity contribution is 7.22. The number of halogens is 1. The van der Waals surface area contributed by atoms with Crippen molar-refractivity contribution in [2.24, 2.45) is 0 Å². The molecule has 25 heavy (non-hydrogen) atoms. The summed E-state index contributed by atoms with van der Waals surface area (Å²) in [6.07, 6.45) is 0. The minimum atomic E-state index is -0.365. The fourth-order valence-electron chi connectivity index (χ4n) is 2.22. The van der Waals surface area contributed by atoms with E-state index >= 15 is 0 Å². The van der Waals surface area contributed by atoms with Crippen LogP contribution in [0.15, 0.2) is 36.4 Å². The molecular weight excluding hydrogens is 360 g/mol. The lowest BCUT2D eigenvalue weighted by atomic mass is 10.2. The summed E-state index contributed by atoms with van der Waals surface area (Å²) in [4.78, 5) is 27.6. The molecule has 8 heteroatoms. The Morgan fingerprint density at radius 1 is 1.08 bits per heavy atom. The lowest BCUT2D eigenvalue weighted by Gasteiger charge is -2.10. The number of thiazole rings is 1. The Kier molecular flexibility index (Phi) is 4.87. The lowest BCUT2D eigenvalue weighted by molar-refractivity contribution is -0.114. The minimum Gasteiger partial charge on any atom is -0.308 e. The van der Waals surface area contributed by atoms with Crippen LogP contribution in [0, 0.1) is 6.92 Å². The van der Waals surface area contributed by atoms with Gasteiger partial charge in [0.25, 0.3) is 0 Å². The highest BCUT2D eigenvalue weighted by Crippen LogP contribution is 2.28. The molecular formula is C17H15ClN4O2S. The van der Waals surface area contributed by atoms with Gasteiger partial charge in [0, 0.05) is 23.3 Å². The van der Waals surface area contributed by atoms with E-state index in [0.717, 1.165) is 15.8 Å². The lowest BCUT2D eigenvalue weighted by Crippen LogP contribution is -2.19. The van der Waals surface area contributed by atoms with Crippen molar-refractivity contribution in [3.8, 4) is 0 Å². The van der Waals surface area contributed by atoms with E-state index in [-0.39, 0.29) is 11.9 Å². The van der Waals surface area contributed by atoms with Crippen molar-refractivity contribution in [2.45, 2.75) is 13.8 Å². The number of nitrogens with one attached hydrogen (secondary N) is 3. The third kappa shape index (κ3) is 4.26. The summed E-state index contributed by atoms with van der Waals surface area (Å²) >= 11 is 7.30. The first-order valence-electron chi connectivity index (χ1n) is 7.43. The number of anilines is 3. The Labute approximate surface area is 153 Å². The first-order chi connectivity index (χ1) is 11.9. The molecule has 2 aromatic carbocycles. The van der Waals surface area contributed by atoms with Crippen molar-refractivity contribution in [1.29, 1.82) is 0 Å². The molecule has 0 saturated carbocycles. The van der Waals surface area contributed by atoms with Gasteiger partial charge < -0.3 is 16.0 Å². The van der Waals surface area contributed by atoms with Crippen LogP contribution in [0.1, 0.15) is 12.5 Å². The van der Waals surface area contributed by atoms with Crippen molar-refractivity contribution >= 4 is 61.6 Å². The molecule has 1 heterocycles. The minimum absolute atomic E-state index is 0.173. The molecule has 3 amide bonds. The molecule has 6 nitrogen and oxygen atoms in total. The van der Waals surface area contributed by atoms with E-state index in [4.69, 9.17) is 11.6 Å². The number of nitrogens with zero attached hydrogens (tertiary/aromatic N) is 1. The fraction of sp³-hybridized carbons (Fsp3) is 0.118. The third-order valence-corrected chi connectivity index (χ3v) is 4.55. The highest BCUT2D eigenvalue weighted by atomic mass is 35.5. The summed E-state index contributed by atoms with van der Waals surface area (Å²) in [5, 5.41) is 9.29. The SMILES string of the molecule is CC(=O)Nc1nc2ccc(NC(=O)Nc3cc(Cl)ccc3C)cc2s1. The van der Waals surface area contributed by atoms with Gasteiger partial charge in [0.05, 0.1) is 10.2 Å². The number of carbonyl (C=O) groups is 2. The molecule has 0 fully saturated rings. The van der Waals surface area contributed by atoms with Gasteiger partial charge in [0.1, 0.15) is 0 Å². The first-order valence-corrected chi connectivity index (χ1v) is 8.62. The Bertz CT molecular complexity index is 970. The van der Waals surface area contributed by atoms with E-state index in [2.05, 4.69) is 20.9 Å². The second-order valence-corrected chi connectivity index (χ2v) is 6.89. The van der Waals surface area contributed by atoms with E-state index in [0.29, 0.717) is 21.5 Å². The molecule has 0 bridgehead atoms. The quantitative estimate of drug-likeness (QED) is 0.612. The summed E-state index contributed by atoms with van der Waals surface area (Å²) in [6.45, 7) is 3.32. The Balaban J connectivity index is 1.74. The molecule has 0 unspecified atom stereocenters. The van der Waals surface area contributed by atoms with Crippen LogP contribution >= 0.6 is 22.9 Å². The van der Waals surface area contributed by atoms with Gasteiger partial charge in [-0.15, -0.1) is 0 Å². The molecule has 0 atom stereocenters. The van der Waals surface area contributed by atoms with E-state index < -0.39 is 0 Å². The molecule has 0 aliphatic heterocycles. The van der Waals surface area contributed by atoms with Gasteiger partial charge in [0.15, 0.2) is 5.13 Å². The summed E-state index contributed by atoms with van der Waals surface area (Å²) in [5.41, 5.74) is 2.95. The molecule has 0 spiro atoms. The maximum Gasteiger partial charge on any atom is 0.323 e. The second-order valence-electron chi connectivity index (χ2n) is 5.42. The number of hydrogen-bond donors (Lipinski definition) is 3. The Morgan fingerprint density at radius 3 is 2.64 bits per heavy atom. The van der Waals surface area contributed by atoms with Crippen molar-refractivity contribution in [2.75, 3.05) is 16.0 Å². The summed E-state index contributed by atoms with van der Waals surface area (Å²) in [7, 11) is 0. The fourth-order valence-corrected chi connectivity index (χ4v) is 3.34. The van der Waals surface area contributed by atoms with Crippen LogP contribution in [-0.2, 0) is 4.79 Å². The van der Waals surface area contributed by atoms with E-state index in [1.54, 1.807) is 24.3 Å². The van der Waals surface area contributed by atoms with Crippen LogP contribution in [0.5, 0.6) is 0 Å². The van der Waals surface area contributed by atoms with Crippen LogP contribution in [0.3, 0.4) is 0 Å². The van der Waals surface area contributed by atoms with Crippen LogP contribution < -0.4 is 16.0 Å². The van der Waals surface area contributed by atoms with Crippen LogP contribution in [0.2, 0.25) is 5.02 Å². The number of fused-ring (bicyclic) bond motifs is 1.